The molecule has 2 aromatic carbocycles. The van der Waals surface area contributed by atoms with Gasteiger partial charge in [-0.2, -0.15) is 0 Å². The molecule has 4 bridgehead atoms. The molecule has 1 amide bonds. The molecule has 10 nitrogen and oxygen atoms in total. The zero-order chi connectivity index (χ0) is 31.2. The van der Waals surface area contributed by atoms with Crippen molar-refractivity contribution in [2.24, 2.45) is 23.2 Å². The van der Waals surface area contributed by atoms with E-state index in [4.69, 9.17) is 4.74 Å². The Morgan fingerprint density at radius 3 is 2.24 bits per heavy atom. The fourth-order valence-corrected chi connectivity index (χ4v) is 10.4. The van der Waals surface area contributed by atoms with Crippen LogP contribution in [0, 0.1) is 23.2 Å². The van der Waals surface area contributed by atoms with E-state index >= 15 is 0 Å². The number of phenols is 1. The largest absolute Gasteiger partial charge is 0.508 e. The van der Waals surface area contributed by atoms with Crippen molar-refractivity contribution in [3.8, 4) is 22.6 Å². The number of rotatable bonds is 9. The maximum Gasteiger partial charge on any atom is 0.285 e. The first-order valence-electron chi connectivity index (χ1n) is 16.0. The summed E-state index contributed by atoms with van der Waals surface area (Å²) in [6.45, 7) is 3.83. The molecule has 0 unspecified atom stereocenters. The number of aromatic hydroxyl groups is 1. The molecule has 238 valence electrons. The molecule has 2 heterocycles. The van der Waals surface area contributed by atoms with Crippen molar-refractivity contribution in [2.75, 3.05) is 43.9 Å². The Morgan fingerprint density at radius 2 is 1.62 bits per heavy atom. The Hall–Kier alpha value is -3.70. The monoisotopic (exact) mass is 631 g/mol. The fourth-order valence-electron chi connectivity index (χ4n) is 8.83. The molecular formula is C34H41N5O5S. The average molecular weight is 632 g/mol. The van der Waals surface area contributed by atoms with Crippen LogP contribution in [0.3, 0.4) is 0 Å². The number of phenolic OH excluding ortho intramolecular Hbond substituents is 1. The van der Waals surface area contributed by atoms with Crippen LogP contribution in [0.1, 0.15) is 54.6 Å². The normalized spacial score (nSPS) is 26.2. The molecule has 0 atom stereocenters. The third kappa shape index (κ3) is 6.51. The van der Waals surface area contributed by atoms with Gasteiger partial charge in [-0.3, -0.25) is 9.69 Å². The molecule has 4 aliphatic carbocycles. The molecule has 11 heteroatoms. The molecule has 4 saturated carbocycles. The van der Waals surface area contributed by atoms with Crippen LogP contribution in [0.5, 0.6) is 11.5 Å². The number of piperazine rings is 1. The SMILES string of the molecule is COc1cc(-c2cccc(O)c2)ccc1CN1CCN(c2ccc(C(=O)NS(=O)(=O)CC34CC5CC(CC(C5)C3)C4)nn2)CC1. The lowest BCUT2D eigenvalue weighted by atomic mass is 9.50. The molecule has 5 fully saturated rings. The van der Waals surface area contributed by atoms with Gasteiger partial charge in [0.2, 0.25) is 10.0 Å². The van der Waals surface area contributed by atoms with Crippen LogP contribution in [0.15, 0.2) is 54.6 Å². The molecule has 1 aromatic heterocycles. The minimum absolute atomic E-state index is 0.00716. The Labute approximate surface area is 264 Å². The number of nitrogens with zero attached hydrogens (tertiary/aromatic N) is 4. The van der Waals surface area contributed by atoms with Gasteiger partial charge in [-0.25, -0.2) is 13.1 Å². The summed E-state index contributed by atoms with van der Waals surface area (Å²) in [6.07, 6.45) is 6.64. The number of sulfonamides is 1. The summed E-state index contributed by atoms with van der Waals surface area (Å²) < 4.78 is 34.2. The van der Waals surface area contributed by atoms with Crippen LogP contribution >= 0.6 is 0 Å². The predicted octanol–water partition coefficient (Wildman–Crippen LogP) is 4.46. The highest BCUT2D eigenvalue weighted by Gasteiger charge is 2.52. The number of hydrogen-bond donors (Lipinski definition) is 2. The van der Waals surface area contributed by atoms with Crippen molar-refractivity contribution < 1.29 is 23.1 Å². The lowest BCUT2D eigenvalue weighted by Crippen LogP contribution is -2.51. The van der Waals surface area contributed by atoms with Crippen molar-refractivity contribution in [3.05, 3.63) is 65.9 Å². The quantitative estimate of drug-likeness (QED) is 0.352. The highest BCUT2D eigenvalue weighted by atomic mass is 32.2. The van der Waals surface area contributed by atoms with Gasteiger partial charge in [-0.05, 0) is 103 Å². The zero-order valence-electron chi connectivity index (χ0n) is 25.7. The van der Waals surface area contributed by atoms with E-state index in [1.54, 1.807) is 31.4 Å². The van der Waals surface area contributed by atoms with E-state index in [9.17, 15) is 18.3 Å². The van der Waals surface area contributed by atoms with Crippen LogP contribution in [-0.2, 0) is 16.6 Å². The molecule has 8 rings (SSSR count). The summed E-state index contributed by atoms with van der Waals surface area (Å²) in [5.41, 5.74) is 2.82. The highest BCUT2D eigenvalue weighted by molar-refractivity contribution is 7.90. The second kappa shape index (κ2) is 11.9. The number of carbonyl (C=O) groups excluding carboxylic acids is 1. The van der Waals surface area contributed by atoms with Gasteiger partial charge in [0.15, 0.2) is 11.5 Å². The van der Waals surface area contributed by atoms with Crippen molar-refractivity contribution in [3.63, 3.8) is 0 Å². The van der Waals surface area contributed by atoms with E-state index in [0.717, 1.165) is 74.4 Å². The van der Waals surface area contributed by atoms with Gasteiger partial charge in [0.1, 0.15) is 11.5 Å². The smallest absolute Gasteiger partial charge is 0.285 e. The van der Waals surface area contributed by atoms with Crippen molar-refractivity contribution in [2.45, 2.75) is 45.1 Å². The van der Waals surface area contributed by atoms with Gasteiger partial charge in [0.05, 0.1) is 12.9 Å². The van der Waals surface area contributed by atoms with Gasteiger partial charge in [0.25, 0.3) is 5.91 Å². The molecule has 45 heavy (non-hydrogen) atoms. The van der Waals surface area contributed by atoms with Crippen molar-refractivity contribution in [1.82, 2.24) is 19.8 Å². The van der Waals surface area contributed by atoms with E-state index in [0.29, 0.717) is 23.6 Å². The number of anilines is 1. The van der Waals surface area contributed by atoms with Crippen LogP contribution < -0.4 is 14.4 Å². The summed E-state index contributed by atoms with van der Waals surface area (Å²) in [6, 6.07) is 16.6. The fraction of sp³-hybridized carbons (Fsp3) is 0.500. The molecule has 3 aromatic rings. The van der Waals surface area contributed by atoms with Crippen LogP contribution in [0.25, 0.3) is 11.1 Å². The third-order valence-corrected chi connectivity index (χ3v) is 11.8. The maximum atomic E-state index is 13.1. The van der Waals surface area contributed by atoms with E-state index in [2.05, 4.69) is 30.8 Å². The highest BCUT2D eigenvalue weighted by Crippen LogP contribution is 2.60. The molecular weight excluding hydrogens is 590 g/mol. The Kier molecular flexibility index (Phi) is 7.93. The topological polar surface area (TPSA) is 125 Å². The van der Waals surface area contributed by atoms with Crippen LogP contribution in [0.2, 0.25) is 0 Å². The second-order valence-electron chi connectivity index (χ2n) is 13.7. The van der Waals surface area contributed by atoms with Gasteiger partial charge < -0.3 is 14.7 Å². The molecule has 0 radical (unpaired) electrons. The van der Waals surface area contributed by atoms with E-state index < -0.39 is 15.9 Å². The number of amides is 1. The summed E-state index contributed by atoms with van der Waals surface area (Å²) in [5, 5.41) is 18.2. The Morgan fingerprint density at radius 1 is 0.933 bits per heavy atom. The molecule has 1 saturated heterocycles. The molecule has 5 aliphatic rings. The zero-order valence-corrected chi connectivity index (χ0v) is 26.5. The van der Waals surface area contributed by atoms with Crippen LogP contribution in [0.4, 0.5) is 5.82 Å². The summed E-state index contributed by atoms with van der Waals surface area (Å²) in [4.78, 5) is 17.4. The Bertz CT molecular complexity index is 1640. The number of aromatic nitrogens is 2. The van der Waals surface area contributed by atoms with Gasteiger partial charge >= 0.3 is 0 Å². The maximum absolute atomic E-state index is 13.1. The first-order valence-corrected chi connectivity index (χ1v) is 17.6. The first kappa shape index (κ1) is 30.0. The van der Waals surface area contributed by atoms with Gasteiger partial charge in [-0.15, -0.1) is 10.2 Å². The number of carbonyl (C=O) groups is 1. The number of nitrogens with one attached hydrogen (secondary N) is 1. The first-order chi connectivity index (χ1) is 21.7. The summed E-state index contributed by atoms with van der Waals surface area (Å²) in [7, 11) is -2.11. The Balaban J connectivity index is 0.925. The summed E-state index contributed by atoms with van der Waals surface area (Å²) >= 11 is 0. The predicted molar refractivity (Wildman–Crippen MR) is 171 cm³/mol. The van der Waals surface area contributed by atoms with Crippen molar-refractivity contribution in [1.29, 1.82) is 0 Å². The summed E-state index contributed by atoms with van der Waals surface area (Å²) in [5.74, 6) is 2.95. The number of benzene rings is 2. The second-order valence-corrected chi connectivity index (χ2v) is 15.4. The lowest BCUT2D eigenvalue weighted by molar-refractivity contribution is -0.0391. The van der Waals surface area contributed by atoms with Crippen LogP contribution in [-0.4, -0.2) is 73.6 Å². The third-order valence-electron chi connectivity index (χ3n) is 10.3. The van der Waals surface area contributed by atoms with E-state index in [1.807, 2.05) is 24.3 Å². The van der Waals surface area contributed by atoms with Gasteiger partial charge in [-0.1, -0.05) is 24.3 Å². The minimum Gasteiger partial charge on any atom is -0.508 e. The standard InChI is InChI=1S/C34H41N5O5S/c1-44-31-17-27(26-3-2-4-29(40)16-26)5-6-28(31)21-38-9-11-39(12-10-38)32-8-7-30(35-36-32)33(41)37-45(42,43)22-34-18-23-13-24(19-34)15-25(14-23)20-34/h2-8,16-17,23-25,40H,9-15,18-22H2,1H3,(H,37,41). The number of methoxy groups -OCH3 is 1. The molecule has 0 spiro atoms. The van der Waals surface area contributed by atoms with E-state index in [1.165, 1.54) is 19.3 Å². The minimum atomic E-state index is -3.78. The molecule has 2 N–H and O–H groups in total. The van der Waals surface area contributed by atoms with E-state index in [-0.39, 0.29) is 22.6 Å². The average Bonchev–Trinajstić information content (AvgIpc) is 3.00. The van der Waals surface area contributed by atoms with Crippen molar-refractivity contribution >= 4 is 21.7 Å². The van der Waals surface area contributed by atoms with Gasteiger partial charge in [0, 0.05) is 38.3 Å². The lowest BCUT2D eigenvalue weighted by Gasteiger charge is -2.56. The number of ether oxygens (including phenoxy) is 1. The molecule has 1 aliphatic heterocycles. The number of hydrogen-bond acceptors (Lipinski definition) is 9.